The lowest BCUT2D eigenvalue weighted by Crippen LogP contribution is -2.38. The van der Waals surface area contributed by atoms with Gasteiger partial charge in [0.15, 0.2) is 0 Å². The molecule has 0 aliphatic heterocycles. The van der Waals surface area contributed by atoms with Gasteiger partial charge >= 0.3 is 18.3 Å². The van der Waals surface area contributed by atoms with E-state index in [-0.39, 0.29) is 24.7 Å². The minimum absolute atomic E-state index is 0.102. The number of rotatable bonds is 9. The van der Waals surface area contributed by atoms with Gasteiger partial charge in [0, 0.05) is 5.41 Å². The van der Waals surface area contributed by atoms with Gasteiger partial charge in [0.2, 0.25) is 0 Å². The highest BCUT2D eigenvalue weighted by Gasteiger charge is 2.33. The van der Waals surface area contributed by atoms with Crippen molar-refractivity contribution in [1.29, 1.82) is 0 Å². The number of carbonyl (C=O) groups is 3. The third-order valence-corrected chi connectivity index (χ3v) is 4.73. The molecule has 1 unspecified atom stereocenters. The maximum atomic E-state index is 10.6. The Hall–Kier alpha value is -2.19. The van der Waals surface area contributed by atoms with E-state index in [4.69, 9.17) is 31.4 Å². The molecule has 1 atom stereocenters. The van der Waals surface area contributed by atoms with Crippen molar-refractivity contribution in [2.45, 2.75) is 66.4 Å². The minimum Gasteiger partial charge on any atom is -0.449 e. The number of ether oxygens (including phenoxy) is 3. The van der Waals surface area contributed by atoms with Gasteiger partial charge in [-0.05, 0) is 25.7 Å². The minimum atomic E-state index is -0.839. The van der Waals surface area contributed by atoms with Crippen molar-refractivity contribution in [3.63, 3.8) is 0 Å². The van der Waals surface area contributed by atoms with Crippen LogP contribution in [0.3, 0.4) is 0 Å². The van der Waals surface area contributed by atoms with Crippen LogP contribution in [0.15, 0.2) is 0 Å². The van der Waals surface area contributed by atoms with Gasteiger partial charge in [0.1, 0.15) is 18.8 Å². The summed E-state index contributed by atoms with van der Waals surface area (Å²) < 4.78 is 14.4. The molecular formula is C17H35N3O6. The normalized spacial score (nSPS) is 12.2. The molecule has 6 N–H and O–H groups in total. The Labute approximate surface area is 155 Å². The molecule has 0 heterocycles. The monoisotopic (exact) mass is 377 g/mol. The maximum absolute atomic E-state index is 10.6. The molecule has 9 nitrogen and oxygen atoms in total. The summed E-state index contributed by atoms with van der Waals surface area (Å²) in [6.45, 7) is 11.8. The summed E-state index contributed by atoms with van der Waals surface area (Å²) >= 11 is 0. The highest BCUT2D eigenvalue weighted by molar-refractivity contribution is 5.65. The summed E-state index contributed by atoms with van der Waals surface area (Å²) in [6, 6.07) is 0. The van der Waals surface area contributed by atoms with Gasteiger partial charge in [0.05, 0.1) is 0 Å². The summed E-state index contributed by atoms with van der Waals surface area (Å²) in [5.74, 6) is 0.200. The summed E-state index contributed by atoms with van der Waals surface area (Å²) in [4.78, 5) is 31.5. The second-order valence-corrected chi connectivity index (χ2v) is 6.76. The van der Waals surface area contributed by atoms with Crippen LogP contribution in [-0.4, -0.2) is 37.1 Å². The first-order chi connectivity index (χ1) is 11.9. The number of nitrogens with two attached hydrogens (primary N) is 3. The molecule has 9 heteroatoms. The fraction of sp³-hybridized carbons (Fsp3) is 0.824. The van der Waals surface area contributed by atoms with Gasteiger partial charge in [-0.2, -0.15) is 0 Å². The Morgan fingerprint density at radius 3 is 1.42 bits per heavy atom. The van der Waals surface area contributed by atoms with E-state index >= 15 is 0 Å². The molecule has 0 fully saturated rings. The molecule has 26 heavy (non-hydrogen) atoms. The first-order valence-corrected chi connectivity index (χ1v) is 8.68. The fourth-order valence-electron chi connectivity index (χ4n) is 1.93. The molecule has 0 radical (unpaired) electrons. The molecule has 0 aromatic heterocycles. The lowest BCUT2D eigenvalue weighted by molar-refractivity contribution is 0.00793. The number of hydrogen-bond acceptors (Lipinski definition) is 6. The van der Waals surface area contributed by atoms with Crippen molar-refractivity contribution in [1.82, 2.24) is 0 Å². The van der Waals surface area contributed by atoms with E-state index in [1.54, 1.807) is 0 Å². The summed E-state index contributed by atoms with van der Waals surface area (Å²) in [6.07, 6.45) is 0.0907. The lowest BCUT2D eigenvalue weighted by atomic mass is 9.78. The van der Waals surface area contributed by atoms with E-state index in [9.17, 15) is 14.4 Å². The summed E-state index contributed by atoms with van der Waals surface area (Å²) in [5, 5.41) is 0. The van der Waals surface area contributed by atoms with E-state index in [1.807, 2.05) is 41.5 Å². The zero-order valence-corrected chi connectivity index (χ0v) is 16.8. The summed E-state index contributed by atoms with van der Waals surface area (Å²) in [7, 11) is 0. The quantitative estimate of drug-likeness (QED) is 0.524. The first kappa shape index (κ1) is 26.0. The molecule has 3 amide bonds. The molecule has 0 saturated heterocycles. The van der Waals surface area contributed by atoms with E-state index in [0.717, 1.165) is 19.3 Å². The van der Waals surface area contributed by atoms with Crippen LogP contribution in [0.4, 0.5) is 14.4 Å². The Bertz CT molecular complexity index is 434. The van der Waals surface area contributed by atoms with E-state index < -0.39 is 23.7 Å². The standard InChI is InChI=1S/C10H20N2O4.C7H15NO2/c1-4-7(2)10(3,5-15-8(11)13)6-16-9(12)14;1-4-7(3,5-2)10-6(8)9/h7H,4-6H2,1-3H3,(H2,11,13)(H2,12,14);4-5H2,1-3H3,(H2,8,9). The second kappa shape index (κ2) is 12.2. The van der Waals surface area contributed by atoms with Crippen molar-refractivity contribution < 1.29 is 28.6 Å². The average Bonchev–Trinajstić information content (AvgIpc) is 2.57. The predicted molar refractivity (Wildman–Crippen MR) is 98.3 cm³/mol. The highest BCUT2D eigenvalue weighted by Crippen LogP contribution is 2.30. The maximum Gasteiger partial charge on any atom is 0.405 e. The smallest absolute Gasteiger partial charge is 0.405 e. The number of amides is 3. The molecule has 0 bridgehead atoms. The number of primary amides is 3. The predicted octanol–water partition coefficient (Wildman–Crippen LogP) is 2.89. The molecule has 0 rings (SSSR count). The fourth-order valence-corrected chi connectivity index (χ4v) is 1.93. The Balaban J connectivity index is 0. The summed E-state index contributed by atoms with van der Waals surface area (Å²) in [5.41, 5.74) is 13.8. The van der Waals surface area contributed by atoms with Crippen LogP contribution >= 0.6 is 0 Å². The van der Waals surface area contributed by atoms with Crippen molar-refractivity contribution >= 4 is 18.3 Å². The molecular weight excluding hydrogens is 342 g/mol. The van der Waals surface area contributed by atoms with Gasteiger partial charge in [0.25, 0.3) is 0 Å². The topological polar surface area (TPSA) is 157 Å². The third-order valence-electron chi connectivity index (χ3n) is 4.73. The van der Waals surface area contributed by atoms with Crippen LogP contribution in [0.25, 0.3) is 0 Å². The molecule has 0 aromatic carbocycles. The Morgan fingerprint density at radius 2 is 1.23 bits per heavy atom. The average molecular weight is 377 g/mol. The zero-order valence-electron chi connectivity index (χ0n) is 16.8. The van der Waals surface area contributed by atoms with E-state index in [1.165, 1.54) is 0 Å². The van der Waals surface area contributed by atoms with Gasteiger partial charge in [-0.3, -0.25) is 0 Å². The SMILES string of the molecule is CCC(C)(CC)OC(N)=O.CCC(C)C(C)(COC(N)=O)COC(N)=O. The van der Waals surface area contributed by atoms with Crippen molar-refractivity contribution in [2.75, 3.05) is 13.2 Å². The molecule has 0 spiro atoms. The van der Waals surface area contributed by atoms with Gasteiger partial charge in [-0.25, -0.2) is 14.4 Å². The van der Waals surface area contributed by atoms with Crippen LogP contribution in [-0.2, 0) is 14.2 Å². The zero-order chi connectivity index (χ0) is 21.0. The van der Waals surface area contributed by atoms with Crippen LogP contribution < -0.4 is 17.2 Å². The molecule has 0 aliphatic rings. The highest BCUT2D eigenvalue weighted by atomic mass is 16.6. The van der Waals surface area contributed by atoms with Gasteiger partial charge < -0.3 is 31.4 Å². The van der Waals surface area contributed by atoms with E-state index in [0.29, 0.717) is 0 Å². The molecule has 0 aromatic rings. The van der Waals surface area contributed by atoms with Crippen LogP contribution in [0.2, 0.25) is 0 Å². The second-order valence-electron chi connectivity index (χ2n) is 6.76. The first-order valence-electron chi connectivity index (χ1n) is 8.68. The van der Waals surface area contributed by atoms with Gasteiger partial charge in [-0.1, -0.05) is 41.0 Å². The van der Waals surface area contributed by atoms with Crippen molar-refractivity contribution in [2.24, 2.45) is 28.5 Å². The molecule has 0 saturated carbocycles. The van der Waals surface area contributed by atoms with Crippen LogP contribution in [0, 0.1) is 11.3 Å². The number of carbonyl (C=O) groups excluding carboxylic acids is 3. The Kier molecular flexibility index (Phi) is 12.2. The lowest BCUT2D eigenvalue weighted by Gasteiger charge is -2.33. The van der Waals surface area contributed by atoms with E-state index in [2.05, 4.69) is 0 Å². The largest absolute Gasteiger partial charge is 0.449 e. The third kappa shape index (κ3) is 11.4. The Morgan fingerprint density at radius 1 is 0.846 bits per heavy atom. The molecule has 0 aliphatic carbocycles. The molecule has 154 valence electrons. The number of hydrogen-bond donors (Lipinski definition) is 3. The van der Waals surface area contributed by atoms with Gasteiger partial charge in [-0.15, -0.1) is 0 Å². The van der Waals surface area contributed by atoms with Crippen LogP contribution in [0.1, 0.15) is 60.8 Å². The van der Waals surface area contributed by atoms with Crippen molar-refractivity contribution in [3.05, 3.63) is 0 Å². The van der Waals surface area contributed by atoms with Crippen LogP contribution in [0.5, 0.6) is 0 Å². The van der Waals surface area contributed by atoms with Crippen molar-refractivity contribution in [3.8, 4) is 0 Å².